The largest absolute Gasteiger partial charge is 0.330 e. The van der Waals surface area contributed by atoms with E-state index in [0.29, 0.717) is 24.3 Å². The second-order valence-electron chi connectivity index (χ2n) is 5.67. The Bertz CT molecular complexity index is 341. The first-order valence-electron chi connectivity index (χ1n) is 6.53. The lowest BCUT2D eigenvalue weighted by Gasteiger charge is -2.15. The van der Waals surface area contributed by atoms with Gasteiger partial charge in [0.2, 0.25) is 0 Å². The van der Waals surface area contributed by atoms with Gasteiger partial charge < -0.3 is 5.73 Å². The Labute approximate surface area is 105 Å². The fourth-order valence-corrected chi connectivity index (χ4v) is 2.13. The molecule has 0 aliphatic rings. The molecular weight excluding hydrogens is 212 g/mol. The highest BCUT2D eigenvalue weighted by atomic mass is 15.3. The molecular formula is C13H26N4. The first-order valence-corrected chi connectivity index (χ1v) is 6.53. The zero-order valence-electron chi connectivity index (χ0n) is 11.8. The zero-order chi connectivity index (χ0) is 13.0. The number of hydrogen-bond donors (Lipinski definition) is 1. The Kier molecular flexibility index (Phi) is 5.12. The van der Waals surface area contributed by atoms with Gasteiger partial charge in [-0.25, -0.2) is 4.98 Å². The maximum atomic E-state index is 5.85. The van der Waals surface area contributed by atoms with Crippen LogP contribution in [0.5, 0.6) is 0 Å². The molecule has 4 heteroatoms. The Morgan fingerprint density at radius 2 is 1.82 bits per heavy atom. The lowest BCUT2D eigenvalue weighted by molar-refractivity contribution is 0.472. The van der Waals surface area contributed by atoms with E-state index < -0.39 is 0 Å². The summed E-state index contributed by atoms with van der Waals surface area (Å²) in [7, 11) is 1.97. The molecule has 0 radical (unpaired) electrons. The number of aromatic nitrogens is 3. The molecule has 0 aromatic carbocycles. The maximum Gasteiger partial charge on any atom is 0.151 e. The van der Waals surface area contributed by atoms with Gasteiger partial charge in [-0.3, -0.25) is 4.68 Å². The summed E-state index contributed by atoms with van der Waals surface area (Å²) in [6.07, 6.45) is 2.01. The molecule has 0 bridgehead atoms. The Balaban J connectivity index is 2.84. The predicted octanol–water partition coefficient (Wildman–Crippen LogP) is 2.10. The van der Waals surface area contributed by atoms with Gasteiger partial charge in [-0.2, -0.15) is 5.10 Å². The molecule has 2 N–H and O–H groups in total. The van der Waals surface area contributed by atoms with Crippen LogP contribution in [0.1, 0.15) is 51.7 Å². The molecule has 0 spiro atoms. The highest BCUT2D eigenvalue weighted by molar-refractivity contribution is 5.01. The normalized spacial score (nSPS) is 13.6. The summed E-state index contributed by atoms with van der Waals surface area (Å²) in [6, 6.07) is 0. The summed E-state index contributed by atoms with van der Waals surface area (Å²) in [6.45, 7) is 9.45. The average Bonchev–Trinajstić information content (AvgIpc) is 2.54. The Morgan fingerprint density at radius 3 is 2.29 bits per heavy atom. The highest BCUT2D eigenvalue weighted by Crippen LogP contribution is 2.21. The fraction of sp³-hybridized carbons (Fsp3) is 0.846. The van der Waals surface area contributed by atoms with E-state index in [4.69, 9.17) is 5.73 Å². The molecule has 0 aliphatic carbocycles. The van der Waals surface area contributed by atoms with Crippen LogP contribution in [0.3, 0.4) is 0 Å². The molecule has 1 rings (SSSR count). The van der Waals surface area contributed by atoms with Crippen molar-refractivity contribution in [2.75, 3.05) is 6.54 Å². The molecule has 0 saturated heterocycles. The summed E-state index contributed by atoms with van der Waals surface area (Å²) in [4.78, 5) is 4.65. The van der Waals surface area contributed by atoms with E-state index in [1.165, 1.54) is 0 Å². The van der Waals surface area contributed by atoms with E-state index in [-0.39, 0.29) is 0 Å². The Morgan fingerprint density at radius 1 is 1.18 bits per heavy atom. The second kappa shape index (κ2) is 6.15. The van der Waals surface area contributed by atoms with Gasteiger partial charge in [0.05, 0.1) is 0 Å². The minimum atomic E-state index is 0.327. The lowest BCUT2D eigenvalue weighted by atomic mass is 9.96. The number of nitrogens with zero attached hydrogens (tertiary/aromatic N) is 3. The molecule has 0 aliphatic heterocycles. The van der Waals surface area contributed by atoms with Crippen molar-refractivity contribution in [1.82, 2.24) is 14.8 Å². The monoisotopic (exact) mass is 238 g/mol. The number of rotatable bonds is 6. The third-order valence-electron chi connectivity index (χ3n) is 2.84. The molecule has 1 aromatic rings. The van der Waals surface area contributed by atoms with Crippen LogP contribution in [0.25, 0.3) is 0 Å². The molecule has 1 heterocycles. The molecule has 17 heavy (non-hydrogen) atoms. The van der Waals surface area contributed by atoms with Gasteiger partial charge in [0.15, 0.2) is 5.82 Å². The molecule has 0 fully saturated rings. The molecule has 1 unspecified atom stereocenters. The summed E-state index contributed by atoms with van der Waals surface area (Å²) in [5, 5.41) is 4.48. The molecule has 0 amide bonds. The van der Waals surface area contributed by atoms with Crippen LogP contribution < -0.4 is 5.73 Å². The van der Waals surface area contributed by atoms with Crippen LogP contribution in [0.4, 0.5) is 0 Å². The zero-order valence-corrected chi connectivity index (χ0v) is 11.8. The molecule has 98 valence electrons. The van der Waals surface area contributed by atoms with Crippen LogP contribution in [0.2, 0.25) is 0 Å². The minimum absolute atomic E-state index is 0.327. The minimum Gasteiger partial charge on any atom is -0.330 e. The van der Waals surface area contributed by atoms with Crippen LogP contribution >= 0.6 is 0 Å². The van der Waals surface area contributed by atoms with Crippen LogP contribution in [-0.4, -0.2) is 21.3 Å². The molecule has 1 atom stereocenters. The van der Waals surface area contributed by atoms with Gasteiger partial charge in [-0.05, 0) is 18.3 Å². The molecule has 1 aromatic heterocycles. The van der Waals surface area contributed by atoms with Crippen LogP contribution in [0, 0.1) is 11.8 Å². The molecule has 4 nitrogen and oxygen atoms in total. The van der Waals surface area contributed by atoms with Crippen molar-refractivity contribution in [3.05, 3.63) is 11.6 Å². The van der Waals surface area contributed by atoms with E-state index >= 15 is 0 Å². The maximum absolute atomic E-state index is 5.85. The van der Waals surface area contributed by atoms with Crippen molar-refractivity contribution in [3.63, 3.8) is 0 Å². The van der Waals surface area contributed by atoms with Crippen molar-refractivity contribution < 1.29 is 0 Å². The van der Waals surface area contributed by atoms with E-state index in [1.807, 2.05) is 11.7 Å². The van der Waals surface area contributed by atoms with Crippen molar-refractivity contribution >= 4 is 0 Å². The summed E-state index contributed by atoms with van der Waals surface area (Å²) in [5.74, 6) is 3.53. The Hall–Kier alpha value is -0.900. The van der Waals surface area contributed by atoms with Crippen LogP contribution in [0.15, 0.2) is 0 Å². The van der Waals surface area contributed by atoms with Crippen molar-refractivity contribution in [1.29, 1.82) is 0 Å². The smallest absolute Gasteiger partial charge is 0.151 e. The quantitative estimate of drug-likeness (QED) is 0.825. The van der Waals surface area contributed by atoms with Crippen molar-refractivity contribution in [2.45, 2.75) is 46.5 Å². The summed E-state index contributed by atoms with van der Waals surface area (Å²) >= 11 is 0. The highest BCUT2D eigenvalue weighted by Gasteiger charge is 2.18. The van der Waals surface area contributed by atoms with Crippen LogP contribution in [-0.2, 0) is 13.5 Å². The van der Waals surface area contributed by atoms with Crippen molar-refractivity contribution in [3.8, 4) is 0 Å². The van der Waals surface area contributed by atoms with Gasteiger partial charge in [0.25, 0.3) is 0 Å². The standard InChI is InChI=1S/C13H26N4/c1-9(2)6-11(8-14)13-15-12(7-10(3)4)16-17(13)5/h9-11H,6-8,14H2,1-5H3. The average molecular weight is 238 g/mol. The van der Waals surface area contributed by atoms with E-state index in [2.05, 4.69) is 37.8 Å². The predicted molar refractivity (Wildman–Crippen MR) is 70.8 cm³/mol. The topological polar surface area (TPSA) is 56.7 Å². The third-order valence-corrected chi connectivity index (χ3v) is 2.84. The molecule has 0 saturated carbocycles. The van der Waals surface area contributed by atoms with Crippen molar-refractivity contribution in [2.24, 2.45) is 24.6 Å². The number of nitrogens with two attached hydrogens (primary N) is 1. The number of aryl methyl sites for hydroxylation is 1. The summed E-state index contributed by atoms with van der Waals surface area (Å²) < 4.78 is 1.90. The number of hydrogen-bond acceptors (Lipinski definition) is 3. The first-order chi connectivity index (χ1) is 7.93. The van der Waals surface area contributed by atoms with E-state index in [1.54, 1.807) is 0 Å². The van der Waals surface area contributed by atoms with Gasteiger partial charge in [0.1, 0.15) is 5.82 Å². The second-order valence-corrected chi connectivity index (χ2v) is 5.67. The SMILES string of the molecule is CC(C)Cc1nc(C(CN)CC(C)C)n(C)n1. The summed E-state index contributed by atoms with van der Waals surface area (Å²) in [5.41, 5.74) is 5.85. The van der Waals surface area contributed by atoms with Gasteiger partial charge in [-0.15, -0.1) is 0 Å². The fourth-order valence-electron chi connectivity index (χ4n) is 2.13. The van der Waals surface area contributed by atoms with Gasteiger partial charge in [-0.1, -0.05) is 27.7 Å². The third kappa shape index (κ3) is 4.11. The van der Waals surface area contributed by atoms with E-state index in [0.717, 1.165) is 24.5 Å². The first kappa shape index (κ1) is 14.2. The lowest BCUT2D eigenvalue weighted by Crippen LogP contribution is -2.18. The van der Waals surface area contributed by atoms with Gasteiger partial charge in [0, 0.05) is 25.9 Å². The van der Waals surface area contributed by atoms with Gasteiger partial charge >= 0.3 is 0 Å². The van der Waals surface area contributed by atoms with E-state index in [9.17, 15) is 0 Å².